The van der Waals surface area contributed by atoms with Crippen molar-refractivity contribution >= 4 is 35.0 Å². The fourth-order valence-corrected chi connectivity index (χ4v) is 3.12. The Morgan fingerprint density at radius 1 is 0.840 bits per heavy atom. The molecule has 0 aliphatic rings. The Balaban J connectivity index is 1.61. The zero-order valence-corrected chi connectivity index (χ0v) is 14.7. The molecule has 4 rings (SSSR count). The monoisotopic (exact) mass is 343 g/mol. The number of benzene rings is 3. The number of nitrogens with zero attached hydrogens (tertiary/aromatic N) is 1. The number of fused-ring (bicyclic) bond motifs is 1. The molecule has 122 valence electrons. The zero-order valence-electron chi connectivity index (χ0n) is 13.8. The Bertz CT molecular complexity index is 1020. The van der Waals surface area contributed by atoms with Crippen molar-refractivity contribution in [3.8, 4) is 11.1 Å². The molecule has 0 unspecified atom stereocenters. The number of hydrogen-bond donors (Lipinski definition) is 0. The van der Waals surface area contributed by atoms with Gasteiger partial charge < -0.3 is 4.42 Å². The molecule has 0 aliphatic heterocycles. The minimum atomic E-state index is 0.620. The van der Waals surface area contributed by atoms with Crippen LogP contribution in [0.25, 0.3) is 34.4 Å². The van der Waals surface area contributed by atoms with E-state index in [2.05, 4.69) is 59.8 Å². The van der Waals surface area contributed by atoms with Crippen molar-refractivity contribution in [1.82, 2.24) is 4.98 Å². The van der Waals surface area contributed by atoms with Crippen LogP contribution in [-0.2, 0) is 0 Å². The van der Waals surface area contributed by atoms with E-state index in [0.717, 1.165) is 22.2 Å². The van der Waals surface area contributed by atoms with Gasteiger partial charge in [-0.25, -0.2) is 4.98 Å². The third-order valence-corrected chi connectivity index (χ3v) is 4.79. The van der Waals surface area contributed by atoms with Gasteiger partial charge >= 0.3 is 0 Å². The molecule has 25 heavy (non-hydrogen) atoms. The van der Waals surface area contributed by atoms with Crippen LogP contribution in [0, 0.1) is 0 Å². The van der Waals surface area contributed by atoms with Gasteiger partial charge in [-0.1, -0.05) is 48.5 Å². The molecule has 0 bridgehead atoms. The van der Waals surface area contributed by atoms with E-state index in [4.69, 9.17) is 4.42 Å². The van der Waals surface area contributed by atoms with Crippen molar-refractivity contribution in [2.45, 2.75) is 4.90 Å². The molecule has 0 spiro atoms. The maximum atomic E-state index is 5.82. The van der Waals surface area contributed by atoms with Crippen molar-refractivity contribution in [2.24, 2.45) is 0 Å². The maximum absolute atomic E-state index is 5.82. The smallest absolute Gasteiger partial charge is 0.220 e. The quantitative estimate of drug-likeness (QED) is 0.402. The number of oxazole rings is 1. The first-order valence-corrected chi connectivity index (χ1v) is 9.32. The minimum Gasteiger partial charge on any atom is -0.437 e. The lowest BCUT2D eigenvalue weighted by molar-refractivity contribution is 0.590. The fraction of sp³-hybridized carbons (Fsp3) is 0.0455. The van der Waals surface area contributed by atoms with Crippen LogP contribution in [0.2, 0.25) is 0 Å². The highest BCUT2D eigenvalue weighted by Gasteiger charge is 2.05. The predicted octanol–water partition coefficient (Wildman–Crippen LogP) is 6.39. The molecular formula is C22H17NOS. The lowest BCUT2D eigenvalue weighted by Gasteiger charge is -1.99. The van der Waals surface area contributed by atoms with Gasteiger partial charge in [0.15, 0.2) is 5.58 Å². The van der Waals surface area contributed by atoms with E-state index in [1.165, 1.54) is 10.5 Å². The van der Waals surface area contributed by atoms with Crippen molar-refractivity contribution in [3.05, 3.63) is 84.3 Å². The summed E-state index contributed by atoms with van der Waals surface area (Å²) in [7, 11) is 0. The second kappa shape index (κ2) is 6.99. The van der Waals surface area contributed by atoms with E-state index < -0.39 is 0 Å². The first-order chi connectivity index (χ1) is 12.3. The molecule has 0 saturated carbocycles. The van der Waals surface area contributed by atoms with Gasteiger partial charge in [0.2, 0.25) is 5.89 Å². The first kappa shape index (κ1) is 15.7. The Hall–Kier alpha value is -2.78. The Labute approximate surface area is 151 Å². The van der Waals surface area contributed by atoms with E-state index in [9.17, 15) is 0 Å². The third kappa shape index (κ3) is 3.52. The summed E-state index contributed by atoms with van der Waals surface area (Å²) in [6.45, 7) is 0. The summed E-state index contributed by atoms with van der Waals surface area (Å²) in [5, 5.41) is 0. The summed E-state index contributed by atoms with van der Waals surface area (Å²) in [6.07, 6.45) is 6.01. The largest absolute Gasteiger partial charge is 0.437 e. The maximum Gasteiger partial charge on any atom is 0.220 e. The Kier molecular flexibility index (Phi) is 4.40. The van der Waals surface area contributed by atoms with Gasteiger partial charge in [0.1, 0.15) is 5.52 Å². The summed E-state index contributed by atoms with van der Waals surface area (Å²) < 4.78 is 5.82. The second-order valence-electron chi connectivity index (χ2n) is 5.71. The van der Waals surface area contributed by atoms with Gasteiger partial charge in [0.25, 0.3) is 0 Å². The van der Waals surface area contributed by atoms with Gasteiger partial charge in [0.05, 0.1) is 0 Å². The van der Waals surface area contributed by atoms with Crippen LogP contribution >= 0.6 is 11.8 Å². The van der Waals surface area contributed by atoms with Gasteiger partial charge in [-0.05, 0) is 53.3 Å². The summed E-state index contributed by atoms with van der Waals surface area (Å²) in [5.41, 5.74) is 5.13. The average molecular weight is 343 g/mol. The van der Waals surface area contributed by atoms with Crippen molar-refractivity contribution in [1.29, 1.82) is 0 Å². The summed E-state index contributed by atoms with van der Waals surface area (Å²) in [6, 6.07) is 24.8. The first-order valence-electron chi connectivity index (χ1n) is 8.10. The van der Waals surface area contributed by atoms with Crippen LogP contribution in [0.1, 0.15) is 11.5 Å². The van der Waals surface area contributed by atoms with Crippen LogP contribution in [0.5, 0.6) is 0 Å². The van der Waals surface area contributed by atoms with E-state index in [1.54, 1.807) is 11.8 Å². The van der Waals surface area contributed by atoms with Gasteiger partial charge in [0, 0.05) is 11.0 Å². The molecule has 0 fully saturated rings. The molecule has 3 heteroatoms. The van der Waals surface area contributed by atoms with Crippen molar-refractivity contribution in [2.75, 3.05) is 6.26 Å². The van der Waals surface area contributed by atoms with Crippen LogP contribution in [0.3, 0.4) is 0 Å². The summed E-state index contributed by atoms with van der Waals surface area (Å²) >= 11 is 1.74. The van der Waals surface area contributed by atoms with E-state index in [1.807, 2.05) is 36.4 Å². The summed E-state index contributed by atoms with van der Waals surface area (Å²) in [5.74, 6) is 0.620. The molecule has 0 aliphatic carbocycles. The molecule has 0 saturated heterocycles. The number of aromatic nitrogens is 1. The van der Waals surface area contributed by atoms with Crippen molar-refractivity contribution < 1.29 is 4.42 Å². The lowest BCUT2D eigenvalue weighted by atomic mass is 10.1. The minimum absolute atomic E-state index is 0.620. The molecule has 2 nitrogen and oxygen atoms in total. The molecule has 0 radical (unpaired) electrons. The molecular weight excluding hydrogens is 326 g/mol. The van der Waals surface area contributed by atoms with Crippen LogP contribution < -0.4 is 0 Å². The predicted molar refractivity (Wildman–Crippen MR) is 107 cm³/mol. The molecule has 4 aromatic rings. The zero-order chi connectivity index (χ0) is 17.1. The number of thioether (sulfide) groups is 1. The summed E-state index contributed by atoms with van der Waals surface area (Å²) in [4.78, 5) is 5.85. The SMILES string of the molecule is CSc1ccc(/C=C/c2nc3cc(-c4ccccc4)ccc3o2)cc1. The van der Waals surface area contributed by atoms with E-state index in [0.29, 0.717) is 5.89 Å². The van der Waals surface area contributed by atoms with E-state index in [-0.39, 0.29) is 0 Å². The Morgan fingerprint density at radius 2 is 1.64 bits per heavy atom. The normalized spacial score (nSPS) is 11.4. The molecule has 0 atom stereocenters. The average Bonchev–Trinajstić information content (AvgIpc) is 3.09. The van der Waals surface area contributed by atoms with Crippen molar-refractivity contribution in [3.63, 3.8) is 0 Å². The van der Waals surface area contributed by atoms with Crippen LogP contribution in [0.15, 0.2) is 82.1 Å². The molecule has 0 N–H and O–H groups in total. The number of hydrogen-bond acceptors (Lipinski definition) is 3. The lowest BCUT2D eigenvalue weighted by Crippen LogP contribution is -1.77. The highest BCUT2D eigenvalue weighted by Crippen LogP contribution is 2.25. The van der Waals surface area contributed by atoms with Gasteiger partial charge in [-0.2, -0.15) is 0 Å². The van der Waals surface area contributed by atoms with E-state index >= 15 is 0 Å². The molecule has 3 aromatic carbocycles. The van der Waals surface area contributed by atoms with Crippen LogP contribution in [-0.4, -0.2) is 11.2 Å². The fourth-order valence-electron chi connectivity index (χ4n) is 2.71. The third-order valence-electron chi connectivity index (χ3n) is 4.05. The highest BCUT2D eigenvalue weighted by molar-refractivity contribution is 7.98. The molecule has 1 aromatic heterocycles. The molecule has 1 heterocycles. The Morgan fingerprint density at radius 3 is 2.40 bits per heavy atom. The van der Waals surface area contributed by atoms with Gasteiger partial charge in [-0.15, -0.1) is 11.8 Å². The number of rotatable bonds is 4. The van der Waals surface area contributed by atoms with Crippen LogP contribution in [0.4, 0.5) is 0 Å². The second-order valence-corrected chi connectivity index (χ2v) is 6.59. The van der Waals surface area contributed by atoms with Gasteiger partial charge in [-0.3, -0.25) is 0 Å². The topological polar surface area (TPSA) is 26.0 Å². The standard InChI is InChI=1S/C22H17NOS/c1-25-19-11-7-16(8-12-19)9-14-22-23-20-15-18(10-13-21(20)24-22)17-5-3-2-4-6-17/h2-15H,1H3/b14-9+. The molecule has 0 amide bonds. The highest BCUT2D eigenvalue weighted by atomic mass is 32.2.